The number of imide groups is 1. The minimum Gasteiger partial charge on any atom is -0.323 e. The molecule has 3 heterocycles. The second-order valence-electron chi connectivity index (χ2n) is 6.30. The van der Waals surface area contributed by atoms with Crippen LogP contribution in [0.25, 0.3) is 11.3 Å². The molecule has 0 radical (unpaired) electrons. The maximum absolute atomic E-state index is 12.8. The molecule has 7 heteroatoms. The van der Waals surface area contributed by atoms with Crippen molar-refractivity contribution in [3.63, 3.8) is 0 Å². The SMILES string of the molecule is O=C1NC2(CCNCC2)C(=O)N1Cc1cc(-c2ccccc2)n[nH]1. The lowest BCUT2D eigenvalue weighted by atomic mass is 9.88. The van der Waals surface area contributed by atoms with E-state index >= 15 is 0 Å². The number of aromatic amines is 1. The highest BCUT2D eigenvalue weighted by Gasteiger charge is 2.51. The fraction of sp³-hybridized carbons (Fsp3) is 0.353. The average Bonchev–Trinajstić information content (AvgIpc) is 3.16. The van der Waals surface area contributed by atoms with Gasteiger partial charge in [-0.05, 0) is 32.0 Å². The Bertz CT molecular complexity index is 764. The minimum atomic E-state index is -0.732. The van der Waals surface area contributed by atoms with Gasteiger partial charge in [-0.25, -0.2) is 4.79 Å². The Labute approximate surface area is 139 Å². The molecule has 2 saturated heterocycles. The van der Waals surface area contributed by atoms with E-state index in [2.05, 4.69) is 20.8 Å². The molecule has 3 N–H and O–H groups in total. The van der Waals surface area contributed by atoms with E-state index in [0.717, 1.165) is 30.0 Å². The smallest absolute Gasteiger partial charge is 0.323 e. The van der Waals surface area contributed by atoms with E-state index in [-0.39, 0.29) is 18.5 Å². The van der Waals surface area contributed by atoms with Crippen molar-refractivity contribution in [2.75, 3.05) is 13.1 Å². The van der Waals surface area contributed by atoms with Crippen LogP contribution in [0.2, 0.25) is 0 Å². The number of rotatable bonds is 3. The Hall–Kier alpha value is -2.67. The van der Waals surface area contributed by atoms with Crippen LogP contribution in [0.1, 0.15) is 18.5 Å². The van der Waals surface area contributed by atoms with E-state index in [4.69, 9.17) is 0 Å². The summed E-state index contributed by atoms with van der Waals surface area (Å²) in [6.07, 6.45) is 1.26. The number of nitrogens with one attached hydrogen (secondary N) is 3. The normalized spacial score (nSPS) is 19.8. The number of H-pyrrole nitrogens is 1. The number of benzene rings is 1. The first kappa shape index (κ1) is 14.9. The van der Waals surface area contributed by atoms with Crippen molar-refractivity contribution >= 4 is 11.9 Å². The predicted octanol–water partition coefficient (Wildman–Crippen LogP) is 1.25. The summed E-state index contributed by atoms with van der Waals surface area (Å²) in [5.41, 5.74) is 1.80. The van der Waals surface area contributed by atoms with Gasteiger partial charge in [-0.1, -0.05) is 30.3 Å². The maximum Gasteiger partial charge on any atom is 0.325 e. The van der Waals surface area contributed by atoms with Gasteiger partial charge in [-0.2, -0.15) is 5.10 Å². The molecule has 1 aromatic carbocycles. The highest BCUT2D eigenvalue weighted by Crippen LogP contribution is 2.28. The highest BCUT2D eigenvalue weighted by molar-refractivity contribution is 6.07. The molecule has 0 bridgehead atoms. The van der Waals surface area contributed by atoms with E-state index < -0.39 is 5.54 Å². The molecule has 1 spiro atoms. The van der Waals surface area contributed by atoms with Crippen molar-refractivity contribution in [3.05, 3.63) is 42.1 Å². The number of hydrogen-bond donors (Lipinski definition) is 3. The zero-order valence-corrected chi connectivity index (χ0v) is 13.2. The molecule has 2 fully saturated rings. The van der Waals surface area contributed by atoms with Crippen LogP contribution in [0.3, 0.4) is 0 Å². The zero-order valence-electron chi connectivity index (χ0n) is 13.2. The van der Waals surface area contributed by atoms with E-state index in [0.29, 0.717) is 12.8 Å². The summed E-state index contributed by atoms with van der Waals surface area (Å²) in [6.45, 7) is 1.68. The molecular weight excluding hydrogens is 306 g/mol. The molecule has 0 saturated carbocycles. The van der Waals surface area contributed by atoms with Gasteiger partial charge in [-0.3, -0.25) is 14.8 Å². The van der Waals surface area contributed by atoms with Crippen molar-refractivity contribution in [2.45, 2.75) is 24.9 Å². The molecule has 7 nitrogen and oxygen atoms in total. The van der Waals surface area contributed by atoms with Gasteiger partial charge in [0.15, 0.2) is 0 Å². The van der Waals surface area contributed by atoms with Gasteiger partial charge >= 0.3 is 6.03 Å². The Morgan fingerprint density at radius 1 is 1.12 bits per heavy atom. The summed E-state index contributed by atoms with van der Waals surface area (Å²) >= 11 is 0. The average molecular weight is 325 g/mol. The largest absolute Gasteiger partial charge is 0.325 e. The number of piperidine rings is 1. The molecule has 2 aliphatic rings. The molecule has 0 aliphatic carbocycles. The fourth-order valence-corrected chi connectivity index (χ4v) is 3.38. The molecule has 1 aromatic heterocycles. The molecule has 0 unspecified atom stereocenters. The minimum absolute atomic E-state index is 0.134. The zero-order chi connectivity index (χ0) is 16.6. The number of urea groups is 1. The molecule has 0 atom stereocenters. The first-order valence-electron chi connectivity index (χ1n) is 8.12. The van der Waals surface area contributed by atoms with Crippen molar-refractivity contribution in [1.29, 1.82) is 0 Å². The van der Waals surface area contributed by atoms with Gasteiger partial charge in [0.25, 0.3) is 5.91 Å². The van der Waals surface area contributed by atoms with E-state index in [1.807, 2.05) is 36.4 Å². The van der Waals surface area contributed by atoms with E-state index in [9.17, 15) is 9.59 Å². The van der Waals surface area contributed by atoms with Crippen molar-refractivity contribution in [2.24, 2.45) is 0 Å². The molecule has 124 valence electrons. The highest BCUT2D eigenvalue weighted by atomic mass is 16.2. The summed E-state index contributed by atoms with van der Waals surface area (Å²) in [4.78, 5) is 26.3. The van der Waals surface area contributed by atoms with Crippen LogP contribution in [0, 0.1) is 0 Å². The van der Waals surface area contributed by atoms with Crippen LogP contribution in [0.4, 0.5) is 4.79 Å². The topological polar surface area (TPSA) is 90.1 Å². The van der Waals surface area contributed by atoms with Crippen molar-refractivity contribution in [1.82, 2.24) is 25.7 Å². The summed E-state index contributed by atoms with van der Waals surface area (Å²) in [7, 11) is 0. The van der Waals surface area contributed by atoms with Crippen LogP contribution in [-0.2, 0) is 11.3 Å². The number of amides is 3. The number of aromatic nitrogens is 2. The van der Waals surface area contributed by atoms with E-state index in [1.165, 1.54) is 4.90 Å². The van der Waals surface area contributed by atoms with Gasteiger partial charge in [0, 0.05) is 5.56 Å². The quantitative estimate of drug-likeness (QED) is 0.741. The summed E-state index contributed by atoms with van der Waals surface area (Å²) in [6, 6.07) is 11.3. The third-order valence-electron chi connectivity index (χ3n) is 4.73. The Morgan fingerprint density at radius 2 is 1.88 bits per heavy atom. The van der Waals surface area contributed by atoms with Crippen LogP contribution in [0.15, 0.2) is 36.4 Å². The van der Waals surface area contributed by atoms with Gasteiger partial charge in [0.1, 0.15) is 5.54 Å². The standard InChI is InChI=1S/C17H19N5O2/c23-15-17(6-8-18-9-7-17)19-16(24)22(15)11-13-10-14(21-20-13)12-4-2-1-3-5-12/h1-5,10,18H,6-9,11H2,(H,19,24)(H,20,21). The molecular formula is C17H19N5O2. The number of carbonyl (C=O) groups excluding carboxylic acids is 2. The molecule has 2 aromatic rings. The summed E-state index contributed by atoms with van der Waals surface area (Å²) in [5.74, 6) is -0.134. The van der Waals surface area contributed by atoms with Gasteiger partial charge < -0.3 is 10.6 Å². The molecule has 3 amide bonds. The predicted molar refractivity (Wildman–Crippen MR) is 87.9 cm³/mol. The maximum atomic E-state index is 12.8. The lowest BCUT2D eigenvalue weighted by Gasteiger charge is -2.31. The van der Waals surface area contributed by atoms with Crippen LogP contribution in [0.5, 0.6) is 0 Å². The summed E-state index contributed by atoms with van der Waals surface area (Å²) < 4.78 is 0. The second kappa shape index (κ2) is 5.76. The summed E-state index contributed by atoms with van der Waals surface area (Å²) in [5, 5.41) is 13.3. The third-order valence-corrected chi connectivity index (χ3v) is 4.73. The number of carbonyl (C=O) groups is 2. The van der Waals surface area contributed by atoms with Crippen LogP contribution >= 0.6 is 0 Å². The lowest BCUT2D eigenvalue weighted by Crippen LogP contribution is -2.53. The second-order valence-corrected chi connectivity index (χ2v) is 6.30. The van der Waals surface area contributed by atoms with Gasteiger partial charge in [0.2, 0.25) is 0 Å². The van der Waals surface area contributed by atoms with Crippen LogP contribution < -0.4 is 10.6 Å². The number of hydrogen-bond acceptors (Lipinski definition) is 4. The first-order valence-corrected chi connectivity index (χ1v) is 8.12. The monoisotopic (exact) mass is 325 g/mol. The Balaban J connectivity index is 1.52. The molecule has 2 aliphatic heterocycles. The number of nitrogens with zero attached hydrogens (tertiary/aromatic N) is 2. The third kappa shape index (κ3) is 2.46. The fourth-order valence-electron chi connectivity index (χ4n) is 3.38. The van der Waals surface area contributed by atoms with Crippen molar-refractivity contribution in [3.8, 4) is 11.3 Å². The van der Waals surface area contributed by atoms with Gasteiger partial charge in [-0.15, -0.1) is 0 Å². The molecule has 24 heavy (non-hydrogen) atoms. The van der Waals surface area contributed by atoms with Crippen molar-refractivity contribution < 1.29 is 9.59 Å². The molecule has 4 rings (SSSR count). The van der Waals surface area contributed by atoms with E-state index in [1.54, 1.807) is 0 Å². The Morgan fingerprint density at radius 3 is 2.62 bits per heavy atom. The van der Waals surface area contributed by atoms with Gasteiger partial charge in [0.05, 0.1) is 17.9 Å². The Kier molecular flexibility index (Phi) is 3.57. The van der Waals surface area contributed by atoms with Crippen LogP contribution in [-0.4, -0.2) is 45.7 Å². The first-order chi connectivity index (χ1) is 11.7. The lowest BCUT2D eigenvalue weighted by molar-refractivity contribution is -0.132.